The Labute approximate surface area is 105 Å². The third-order valence-corrected chi connectivity index (χ3v) is 2.72. The van der Waals surface area contributed by atoms with Crippen molar-refractivity contribution in [3.8, 4) is 0 Å². The molecule has 0 spiro atoms. The van der Waals surface area contributed by atoms with E-state index in [0.29, 0.717) is 0 Å². The first kappa shape index (κ1) is 14.2. The number of aromatic nitrogens is 2. The van der Waals surface area contributed by atoms with Crippen molar-refractivity contribution < 1.29 is 0 Å². The lowest BCUT2D eigenvalue weighted by Gasteiger charge is -2.31. The molecule has 0 aliphatic carbocycles. The highest BCUT2D eigenvalue weighted by Crippen LogP contribution is 2.23. The van der Waals surface area contributed by atoms with E-state index in [0.717, 1.165) is 18.8 Å². The van der Waals surface area contributed by atoms with Crippen molar-refractivity contribution in [3.05, 3.63) is 18.2 Å². The Morgan fingerprint density at radius 3 is 2.35 bits per heavy atom. The fourth-order valence-corrected chi connectivity index (χ4v) is 2.35. The summed E-state index contributed by atoms with van der Waals surface area (Å²) in [5.74, 6) is 0. The molecule has 0 aromatic carbocycles. The Morgan fingerprint density at radius 1 is 1.29 bits per heavy atom. The number of hydrogen-bond acceptors (Lipinski definition) is 3. The van der Waals surface area contributed by atoms with Gasteiger partial charge in [-0.05, 0) is 33.4 Å². The molecule has 1 aromatic rings. The number of rotatable bonds is 5. The molecule has 0 aliphatic rings. The van der Waals surface area contributed by atoms with Crippen LogP contribution in [0.3, 0.4) is 0 Å². The highest BCUT2D eigenvalue weighted by atomic mass is 15.1. The summed E-state index contributed by atoms with van der Waals surface area (Å²) in [6, 6.07) is 0. The lowest BCUT2D eigenvalue weighted by Crippen LogP contribution is -2.36. The largest absolute Gasteiger partial charge is 0.332 e. The van der Waals surface area contributed by atoms with Crippen LogP contribution in [0.4, 0.5) is 0 Å². The van der Waals surface area contributed by atoms with E-state index in [9.17, 15) is 0 Å². The van der Waals surface area contributed by atoms with Gasteiger partial charge in [-0.1, -0.05) is 13.8 Å². The average molecular weight is 238 g/mol. The van der Waals surface area contributed by atoms with Gasteiger partial charge in [0.15, 0.2) is 0 Å². The third kappa shape index (κ3) is 4.13. The second-order valence-corrected chi connectivity index (χ2v) is 6.53. The van der Waals surface area contributed by atoms with Crippen molar-refractivity contribution in [1.29, 1.82) is 0 Å². The summed E-state index contributed by atoms with van der Waals surface area (Å²) >= 11 is 0. The zero-order valence-electron chi connectivity index (χ0n) is 12.0. The average Bonchev–Trinajstić information content (AvgIpc) is 2.46. The number of nitrogens with zero attached hydrogens (tertiary/aromatic N) is 3. The van der Waals surface area contributed by atoms with Crippen LogP contribution >= 0.6 is 0 Å². The minimum Gasteiger partial charge on any atom is -0.332 e. The van der Waals surface area contributed by atoms with E-state index in [-0.39, 0.29) is 11.0 Å². The van der Waals surface area contributed by atoms with Crippen molar-refractivity contribution in [1.82, 2.24) is 14.5 Å². The van der Waals surface area contributed by atoms with Gasteiger partial charge in [-0.15, -0.1) is 0 Å². The van der Waals surface area contributed by atoms with Crippen molar-refractivity contribution >= 4 is 0 Å². The van der Waals surface area contributed by atoms with Gasteiger partial charge in [0.2, 0.25) is 0 Å². The molecule has 98 valence electrons. The molecule has 2 N–H and O–H groups in total. The molecule has 4 nitrogen and oxygen atoms in total. The quantitative estimate of drug-likeness (QED) is 0.848. The molecular formula is C13H26N4. The molecule has 0 atom stereocenters. The zero-order valence-corrected chi connectivity index (χ0v) is 12.0. The van der Waals surface area contributed by atoms with Gasteiger partial charge in [-0.2, -0.15) is 0 Å². The van der Waals surface area contributed by atoms with E-state index in [1.807, 2.05) is 26.4 Å². The van der Waals surface area contributed by atoms with Crippen molar-refractivity contribution in [3.63, 3.8) is 0 Å². The summed E-state index contributed by atoms with van der Waals surface area (Å²) in [5.41, 5.74) is 7.09. The molecule has 0 aliphatic heterocycles. The van der Waals surface area contributed by atoms with E-state index < -0.39 is 0 Å². The predicted molar refractivity (Wildman–Crippen MR) is 71.8 cm³/mol. The predicted octanol–water partition coefficient (Wildman–Crippen LogP) is 1.66. The molecule has 1 heterocycles. The van der Waals surface area contributed by atoms with Gasteiger partial charge < -0.3 is 15.2 Å². The van der Waals surface area contributed by atoms with Crippen LogP contribution in [0, 0.1) is 5.41 Å². The molecule has 1 aromatic heterocycles. The zero-order chi connectivity index (χ0) is 13.3. The molecule has 0 radical (unpaired) electrons. The van der Waals surface area contributed by atoms with Crippen LogP contribution in [0.15, 0.2) is 12.5 Å². The topological polar surface area (TPSA) is 47.1 Å². The summed E-state index contributed by atoms with van der Waals surface area (Å²) in [4.78, 5) is 6.43. The summed E-state index contributed by atoms with van der Waals surface area (Å²) in [6.07, 6.45) is 3.74. The number of imidazole rings is 1. The molecular weight excluding hydrogens is 212 g/mol. The molecule has 17 heavy (non-hydrogen) atoms. The summed E-state index contributed by atoms with van der Waals surface area (Å²) in [7, 11) is 4.20. The van der Waals surface area contributed by atoms with Gasteiger partial charge in [-0.25, -0.2) is 4.98 Å². The molecule has 0 amide bonds. The van der Waals surface area contributed by atoms with E-state index in [1.54, 1.807) is 0 Å². The summed E-state index contributed by atoms with van der Waals surface area (Å²) < 4.78 is 2.17. The van der Waals surface area contributed by atoms with Crippen LogP contribution in [0.1, 0.15) is 33.4 Å². The normalized spacial score (nSPS) is 13.4. The van der Waals surface area contributed by atoms with Crippen molar-refractivity contribution in [2.24, 2.45) is 11.1 Å². The van der Waals surface area contributed by atoms with Crippen LogP contribution in [-0.4, -0.2) is 35.1 Å². The lowest BCUT2D eigenvalue weighted by molar-refractivity contribution is 0.207. The van der Waals surface area contributed by atoms with Gasteiger partial charge in [0.05, 0.1) is 17.6 Å². The third-order valence-electron chi connectivity index (χ3n) is 2.72. The van der Waals surface area contributed by atoms with Gasteiger partial charge >= 0.3 is 0 Å². The lowest BCUT2D eigenvalue weighted by atomic mass is 9.92. The molecule has 0 saturated carbocycles. The van der Waals surface area contributed by atoms with E-state index in [1.165, 1.54) is 0 Å². The fourth-order valence-electron chi connectivity index (χ4n) is 2.35. The fraction of sp³-hybridized carbons (Fsp3) is 0.769. The molecule has 0 fully saturated rings. The van der Waals surface area contributed by atoms with Crippen LogP contribution in [0.2, 0.25) is 0 Å². The minimum absolute atomic E-state index is 0.199. The Bertz CT molecular complexity index is 358. The van der Waals surface area contributed by atoms with Gasteiger partial charge in [-0.3, -0.25) is 0 Å². The standard InChI is InChI=1S/C13H26N4/c1-12(2,8-16(5)6)9-17-10-15-7-11(17)13(3,4)14/h7,10H,8-9,14H2,1-6H3. The maximum atomic E-state index is 6.15. The van der Waals surface area contributed by atoms with Gasteiger partial charge in [0.25, 0.3) is 0 Å². The summed E-state index contributed by atoms with van der Waals surface area (Å²) in [5, 5.41) is 0. The second-order valence-electron chi connectivity index (χ2n) is 6.53. The summed E-state index contributed by atoms with van der Waals surface area (Å²) in [6.45, 7) is 10.5. The van der Waals surface area contributed by atoms with Crippen LogP contribution in [0.25, 0.3) is 0 Å². The first-order chi connectivity index (χ1) is 7.62. The van der Waals surface area contributed by atoms with Gasteiger partial charge in [0.1, 0.15) is 0 Å². The second kappa shape index (κ2) is 4.78. The van der Waals surface area contributed by atoms with Crippen LogP contribution in [0.5, 0.6) is 0 Å². The Kier molecular flexibility index (Phi) is 3.99. The number of nitrogens with two attached hydrogens (primary N) is 1. The molecule has 4 heteroatoms. The Balaban J connectivity index is 2.85. The van der Waals surface area contributed by atoms with E-state index in [2.05, 4.69) is 42.4 Å². The maximum Gasteiger partial charge on any atom is 0.0948 e. The highest BCUT2D eigenvalue weighted by Gasteiger charge is 2.24. The van der Waals surface area contributed by atoms with Crippen molar-refractivity contribution in [2.75, 3.05) is 20.6 Å². The Hall–Kier alpha value is -0.870. The Morgan fingerprint density at radius 2 is 1.88 bits per heavy atom. The molecule has 0 unspecified atom stereocenters. The van der Waals surface area contributed by atoms with Crippen LogP contribution in [-0.2, 0) is 12.1 Å². The molecule has 0 saturated heterocycles. The maximum absolute atomic E-state index is 6.15. The highest BCUT2D eigenvalue weighted by molar-refractivity contribution is 5.10. The monoisotopic (exact) mass is 238 g/mol. The van der Waals surface area contributed by atoms with Gasteiger partial charge in [0, 0.05) is 19.3 Å². The van der Waals surface area contributed by atoms with Crippen molar-refractivity contribution in [2.45, 2.75) is 39.8 Å². The number of hydrogen-bond donors (Lipinski definition) is 1. The first-order valence-electron chi connectivity index (χ1n) is 6.06. The minimum atomic E-state index is -0.343. The SMILES string of the molecule is CN(C)CC(C)(C)Cn1cncc1C(C)(C)N. The van der Waals surface area contributed by atoms with E-state index in [4.69, 9.17) is 5.73 Å². The van der Waals surface area contributed by atoms with Crippen LogP contribution < -0.4 is 5.73 Å². The smallest absolute Gasteiger partial charge is 0.0948 e. The van der Waals surface area contributed by atoms with E-state index >= 15 is 0 Å². The molecule has 1 rings (SSSR count). The molecule has 0 bridgehead atoms. The first-order valence-corrected chi connectivity index (χ1v) is 6.06.